The highest BCUT2D eigenvalue weighted by atomic mass is 32.1. The summed E-state index contributed by atoms with van der Waals surface area (Å²) in [6.07, 6.45) is 8.79. The number of amides is 3. The van der Waals surface area contributed by atoms with E-state index < -0.39 is 11.8 Å². The Morgan fingerprint density at radius 1 is 1.11 bits per heavy atom. The molecule has 38 heavy (non-hydrogen) atoms. The van der Waals surface area contributed by atoms with Gasteiger partial charge < -0.3 is 10.1 Å². The minimum Gasteiger partial charge on any atom is -0.494 e. The third kappa shape index (κ3) is 6.01. The fourth-order valence-corrected chi connectivity index (χ4v) is 7.99. The molecule has 202 valence electrons. The predicted octanol–water partition coefficient (Wildman–Crippen LogP) is 5.57. The monoisotopic (exact) mass is 535 g/mol. The first-order valence-corrected chi connectivity index (χ1v) is 14.6. The lowest BCUT2D eigenvalue weighted by atomic mass is 9.58. The van der Waals surface area contributed by atoms with Gasteiger partial charge in [-0.25, -0.2) is 0 Å². The molecular weight excluding hydrogens is 498 g/mol. The third-order valence-corrected chi connectivity index (χ3v) is 9.45. The lowest BCUT2D eigenvalue weighted by Gasteiger charge is -2.47. The zero-order chi connectivity index (χ0) is 26.9. The molecule has 2 heterocycles. The van der Waals surface area contributed by atoms with Gasteiger partial charge in [-0.1, -0.05) is 13.8 Å². The Morgan fingerprint density at radius 3 is 2.53 bits per heavy atom. The van der Waals surface area contributed by atoms with Gasteiger partial charge in [0, 0.05) is 17.8 Å². The van der Waals surface area contributed by atoms with E-state index in [9.17, 15) is 14.4 Å². The van der Waals surface area contributed by atoms with Crippen LogP contribution in [-0.4, -0.2) is 36.6 Å². The second-order valence-corrected chi connectivity index (χ2v) is 12.9. The molecule has 7 nitrogen and oxygen atoms in total. The topological polar surface area (TPSA) is 108 Å². The van der Waals surface area contributed by atoms with Crippen LogP contribution >= 0.6 is 11.3 Å². The number of ether oxygens (including phenoxy) is 1. The van der Waals surface area contributed by atoms with E-state index in [1.54, 1.807) is 6.07 Å². The molecule has 2 unspecified atom stereocenters. The van der Waals surface area contributed by atoms with Crippen molar-refractivity contribution in [3.8, 4) is 16.2 Å². The molecule has 2 aliphatic carbocycles. The molecule has 2 fully saturated rings. The van der Waals surface area contributed by atoms with Crippen molar-refractivity contribution in [3.63, 3.8) is 0 Å². The highest BCUT2D eigenvalue weighted by Gasteiger charge is 2.41. The van der Waals surface area contributed by atoms with Gasteiger partial charge in [-0.15, -0.1) is 11.3 Å². The van der Waals surface area contributed by atoms with E-state index in [0.717, 1.165) is 46.8 Å². The average molecular weight is 536 g/mol. The zero-order valence-electron chi connectivity index (χ0n) is 22.2. The first-order valence-electron chi connectivity index (χ1n) is 13.8. The molecule has 0 spiro atoms. The zero-order valence-corrected chi connectivity index (χ0v) is 23.0. The van der Waals surface area contributed by atoms with E-state index in [-0.39, 0.29) is 17.0 Å². The number of thiophene rings is 1. The van der Waals surface area contributed by atoms with E-state index in [1.807, 2.05) is 24.3 Å². The Morgan fingerprint density at radius 2 is 1.82 bits per heavy atom. The molecule has 2 bridgehead atoms. The predicted molar refractivity (Wildman–Crippen MR) is 149 cm³/mol. The number of unbranched alkanes of at least 4 members (excludes halogenated alkanes) is 1. The number of hydrogen-bond donors (Lipinski definition) is 3. The van der Waals surface area contributed by atoms with Crippen LogP contribution in [0.4, 0.5) is 0 Å². The van der Waals surface area contributed by atoms with Crippen LogP contribution in [0.5, 0.6) is 5.75 Å². The molecule has 3 N–H and O–H groups in total. The standard InChI is InChI=1S/C30H37N3O4S/c1-18-11-19-13-20(12-18)16-30(2,15-19)17-25(34)32-9-3-4-10-37-22-7-5-21(6-8-22)24-14-23-27(38-24)26(31)29(36)33-28(23)35/h5-8,14,18-20,31H,3-4,9-13,15-17H2,1-2H3,(H,32,34)(H,33,35,36). The van der Waals surface area contributed by atoms with Crippen molar-refractivity contribution in [1.82, 2.24) is 10.6 Å². The molecule has 1 aromatic carbocycles. The van der Waals surface area contributed by atoms with E-state index in [1.165, 1.54) is 43.4 Å². The second kappa shape index (κ2) is 11.0. The van der Waals surface area contributed by atoms with Crippen LogP contribution in [-0.2, 0) is 9.59 Å². The van der Waals surface area contributed by atoms with Gasteiger partial charge in [0.1, 0.15) is 11.5 Å². The molecule has 2 aromatic rings. The number of imide groups is 1. The van der Waals surface area contributed by atoms with Crippen molar-refractivity contribution < 1.29 is 19.1 Å². The summed E-state index contributed by atoms with van der Waals surface area (Å²) >= 11 is 1.27. The maximum atomic E-state index is 12.6. The molecule has 1 aromatic heterocycles. The summed E-state index contributed by atoms with van der Waals surface area (Å²) in [5.74, 6) is 2.28. The van der Waals surface area contributed by atoms with Crippen LogP contribution in [0.1, 0.15) is 80.4 Å². The van der Waals surface area contributed by atoms with Crippen LogP contribution in [0.25, 0.3) is 10.4 Å². The van der Waals surface area contributed by atoms with Gasteiger partial charge in [0.15, 0.2) is 0 Å². The van der Waals surface area contributed by atoms with Crippen LogP contribution in [0.3, 0.4) is 0 Å². The van der Waals surface area contributed by atoms with Gasteiger partial charge in [0.2, 0.25) is 5.91 Å². The van der Waals surface area contributed by atoms with Gasteiger partial charge in [0.05, 0.1) is 17.0 Å². The van der Waals surface area contributed by atoms with Crippen molar-refractivity contribution in [2.45, 2.75) is 65.2 Å². The van der Waals surface area contributed by atoms with Crippen LogP contribution in [0, 0.1) is 28.6 Å². The number of rotatable bonds is 9. The van der Waals surface area contributed by atoms with Gasteiger partial charge in [-0.2, -0.15) is 0 Å². The summed E-state index contributed by atoms with van der Waals surface area (Å²) in [7, 11) is 0. The number of carbonyl (C=O) groups excluding carboxylic acids is 3. The van der Waals surface area contributed by atoms with Crippen LogP contribution in [0.15, 0.2) is 30.3 Å². The van der Waals surface area contributed by atoms with E-state index in [2.05, 4.69) is 24.5 Å². The van der Waals surface area contributed by atoms with Crippen LogP contribution in [0.2, 0.25) is 0 Å². The van der Waals surface area contributed by atoms with Crippen molar-refractivity contribution in [3.05, 3.63) is 40.8 Å². The third-order valence-electron chi connectivity index (χ3n) is 8.25. The summed E-state index contributed by atoms with van der Waals surface area (Å²) in [5.41, 5.74) is 1.25. The second-order valence-electron chi connectivity index (χ2n) is 11.9. The Kier molecular flexibility index (Phi) is 7.70. The number of hydrogen-bond acceptors (Lipinski definition) is 6. The van der Waals surface area contributed by atoms with E-state index in [0.29, 0.717) is 30.0 Å². The summed E-state index contributed by atoms with van der Waals surface area (Å²) in [6, 6.07) is 9.32. The van der Waals surface area contributed by atoms with Crippen LogP contribution < -0.4 is 15.4 Å². The first kappa shape index (κ1) is 26.6. The Balaban J connectivity index is 1.02. The summed E-state index contributed by atoms with van der Waals surface area (Å²) in [6.45, 7) is 5.94. The molecule has 2 atom stereocenters. The molecule has 0 saturated heterocycles. The Bertz CT molecular complexity index is 1220. The van der Waals surface area contributed by atoms with Crippen molar-refractivity contribution >= 4 is 34.8 Å². The van der Waals surface area contributed by atoms with E-state index in [4.69, 9.17) is 10.1 Å². The summed E-state index contributed by atoms with van der Waals surface area (Å²) in [5, 5.41) is 13.2. The van der Waals surface area contributed by atoms with Crippen molar-refractivity contribution in [2.75, 3.05) is 13.2 Å². The molecule has 3 amide bonds. The number of benzene rings is 1. The summed E-state index contributed by atoms with van der Waals surface area (Å²) < 4.78 is 5.87. The minimum absolute atomic E-state index is 0.154. The number of fused-ring (bicyclic) bond motifs is 3. The fraction of sp³-hybridized carbons (Fsp3) is 0.533. The molecule has 1 aliphatic heterocycles. The number of carbonyl (C=O) groups is 3. The maximum Gasteiger partial charge on any atom is 0.277 e. The number of nitrogens with one attached hydrogen (secondary N) is 3. The van der Waals surface area contributed by atoms with Crippen molar-refractivity contribution in [1.29, 1.82) is 5.41 Å². The van der Waals surface area contributed by atoms with Gasteiger partial charge in [-0.3, -0.25) is 25.1 Å². The minimum atomic E-state index is -0.658. The quantitative estimate of drug-likeness (QED) is 0.288. The lowest BCUT2D eigenvalue weighted by molar-refractivity contribution is -0.124. The SMILES string of the molecule is CC1CC2CC(C1)CC(C)(CC(=O)NCCCCOc1ccc(-c3cc4c(s3)C(=N)C(=O)NC4=O)cc1)C2. The normalized spacial score (nSPS) is 26.5. The Hall–Kier alpha value is -3.00. The molecule has 8 heteroatoms. The smallest absolute Gasteiger partial charge is 0.277 e. The van der Waals surface area contributed by atoms with Crippen molar-refractivity contribution in [2.24, 2.45) is 23.2 Å². The molecule has 3 aliphatic rings. The van der Waals surface area contributed by atoms with E-state index >= 15 is 0 Å². The molecule has 2 saturated carbocycles. The summed E-state index contributed by atoms with van der Waals surface area (Å²) in [4.78, 5) is 37.6. The largest absolute Gasteiger partial charge is 0.494 e. The lowest BCUT2D eigenvalue weighted by Crippen LogP contribution is -2.41. The molecular formula is C30H37N3O4S. The highest BCUT2D eigenvalue weighted by Crippen LogP contribution is 2.51. The first-order chi connectivity index (χ1) is 18.2. The average Bonchev–Trinajstić information content (AvgIpc) is 3.30. The van der Waals surface area contributed by atoms with Gasteiger partial charge in [0.25, 0.3) is 11.8 Å². The van der Waals surface area contributed by atoms with Gasteiger partial charge >= 0.3 is 0 Å². The molecule has 0 radical (unpaired) electrons. The van der Waals surface area contributed by atoms with Gasteiger partial charge in [-0.05, 0) is 104 Å². The maximum absolute atomic E-state index is 12.6. The fourth-order valence-electron chi connectivity index (χ4n) is 6.89. The molecule has 5 rings (SSSR count). The Labute approximate surface area is 228 Å². The highest BCUT2D eigenvalue weighted by molar-refractivity contribution is 7.18.